The maximum Gasteiger partial charge on any atom is 0.221 e. The molecule has 5 heteroatoms. The number of aryl methyl sites for hydroxylation is 1. The van der Waals surface area contributed by atoms with Crippen LogP contribution in [-0.2, 0) is 6.54 Å². The normalized spacial score (nSPS) is 16.0. The molecule has 1 saturated heterocycles. The topological polar surface area (TPSA) is 58.3 Å². The van der Waals surface area contributed by atoms with Crippen molar-refractivity contribution < 1.29 is 0 Å². The van der Waals surface area contributed by atoms with Crippen molar-refractivity contribution in [3.8, 4) is 0 Å². The molecule has 0 bridgehead atoms. The first-order valence-corrected chi connectivity index (χ1v) is 8.21. The highest BCUT2D eigenvalue weighted by Crippen LogP contribution is 2.24. The van der Waals surface area contributed by atoms with Gasteiger partial charge in [0.15, 0.2) is 0 Å². The van der Waals surface area contributed by atoms with Crippen molar-refractivity contribution in [1.29, 1.82) is 0 Å². The molecule has 0 aliphatic carbocycles. The Morgan fingerprint density at radius 2 is 1.91 bits per heavy atom. The highest BCUT2D eigenvalue weighted by molar-refractivity contribution is 5.48. The van der Waals surface area contributed by atoms with Crippen molar-refractivity contribution in [3.63, 3.8) is 0 Å². The van der Waals surface area contributed by atoms with E-state index in [0.29, 0.717) is 12.0 Å². The zero-order valence-electron chi connectivity index (χ0n) is 13.9. The Balaban J connectivity index is 1.59. The summed E-state index contributed by atoms with van der Waals surface area (Å²) < 4.78 is 0. The van der Waals surface area contributed by atoms with Gasteiger partial charge in [-0.3, -0.25) is 4.90 Å². The molecule has 0 radical (unpaired) electrons. The van der Waals surface area contributed by atoms with Crippen LogP contribution in [0.25, 0.3) is 0 Å². The first kappa shape index (κ1) is 15.7. The van der Waals surface area contributed by atoms with E-state index in [1.807, 2.05) is 13.1 Å². The van der Waals surface area contributed by atoms with Gasteiger partial charge in [0.2, 0.25) is 5.95 Å². The molecule has 1 aliphatic rings. The monoisotopic (exact) mass is 311 g/mol. The Morgan fingerprint density at radius 3 is 2.61 bits per heavy atom. The smallest absolute Gasteiger partial charge is 0.221 e. The van der Waals surface area contributed by atoms with Gasteiger partial charge in [-0.2, -0.15) is 4.98 Å². The first-order chi connectivity index (χ1) is 11.1. The summed E-state index contributed by atoms with van der Waals surface area (Å²) in [6.45, 7) is 5.08. The minimum atomic E-state index is 0.355. The number of benzene rings is 1. The third kappa shape index (κ3) is 3.79. The molecule has 23 heavy (non-hydrogen) atoms. The Morgan fingerprint density at radius 1 is 1.22 bits per heavy atom. The summed E-state index contributed by atoms with van der Waals surface area (Å²) in [4.78, 5) is 13.3. The lowest BCUT2D eigenvalue weighted by Crippen LogP contribution is -2.43. The molecule has 0 atom stereocenters. The van der Waals surface area contributed by atoms with Crippen molar-refractivity contribution in [2.45, 2.75) is 32.4 Å². The maximum absolute atomic E-state index is 5.74. The number of hydrogen-bond donors (Lipinski definition) is 1. The van der Waals surface area contributed by atoms with E-state index in [4.69, 9.17) is 5.73 Å². The Bertz CT molecular complexity index is 635. The number of aromatic nitrogens is 2. The standard InChI is InChI=1S/C18H25N5/c1-14-12-20-18(19)21-17(14)23-10-8-16(9-11-23)22(2)13-15-6-4-3-5-7-15/h3-7,12,16H,8-11,13H2,1-2H3,(H2,19,20,21). The number of nitrogens with zero attached hydrogens (tertiary/aromatic N) is 4. The van der Waals surface area contributed by atoms with E-state index in [1.165, 1.54) is 5.56 Å². The second-order valence-electron chi connectivity index (χ2n) is 6.35. The van der Waals surface area contributed by atoms with Gasteiger partial charge >= 0.3 is 0 Å². The molecule has 1 aliphatic heterocycles. The number of hydrogen-bond acceptors (Lipinski definition) is 5. The Hall–Kier alpha value is -2.14. The Kier molecular flexibility index (Phi) is 4.76. The second kappa shape index (κ2) is 6.96. The van der Waals surface area contributed by atoms with Gasteiger partial charge in [-0.05, 0) is 32.4 Å². The average Bonchev–Trinajstić information content (AvgIpc) is 2.58. The summed E-state index contributed by atoms with van der Waals surface area (Å²) in [7, 11) is 2.22. The van der Waals surface area contributed by atoms with Crippen LogP contribution in [-0.4, -0.2) is 41.0 Å². The van der Waals surface area contributed by atoms with Gasteiger partial charge in [0.05, 0.1) is 0 Å². The van der Waals surface area contributed by atoms with E-state index in [-0.39, 0.29) is 0 Å². The van der Waals surface area contributed by atoms with E-state index in [9.17, 15) is 0 Å². The summed E-state index contributed by atoms with van der Waals surface area (Å²) in [5.74, 6) is 1.34. The predicted molar refractivity (Wildman–Crippen MR) is 94.3 cm³/mol. The number of anilines is 2. The van der Waals surface area contributed by atoms with Crippen molar-refractivity contribution in [2.75, 3.05) is 30.8 Å². The molecule has 3 rings (SSSR count). The zero-order chi connectivity index (χ0) is 16.2. The molecule has 0 unspecified atom stereocenters. The molecule has 2 heterocycles. The van der Waals surface area contributed by atoms with Gasteiger partial charge in [0.1, 0.15) is 5.82 Å². The van der Waals surface area contributed by atoms with Crippen LogP contribution < -0.4 is 10.6 Å². The van der Waals surface area contributed by atoms with Crippen molar-refractivity contribution >= 4 is 11.8 Å². The molecule has 0 spiro atoms. The molecule has 0 saturated carbocycles. The molecule has 5 nitrogen and oxygen atoms in total. The second-order valence-corrected chi connectivity index (χ2v) is 6.35. The average molecular weight is 311 g/mol. The van der Waals surface area contributed by atoms with Gasteiger partial charge in [-0.15, -0.1) is 0 Å². The van der Waals surface area contributed by atoms with Crippen LogP contribution in [0.2, 0.25) is 0 Å². The zero-order valence-corrected chi connectivity index (χ0v) is 13.9. The molecule has 122 valence electrons. The quantitative estimate of drug-likeness (QED) is 0.940. The lowest BCUT2D eigenvalue weighted by Gasteiger charge is -2.37. The van der Waals surface area contributed by atoms with E-state index >= 15 is 0 Å². The summed E-state index contributed by atoms with van der Waals surface area (Å²) in [6.07, 6.45) is 4.10. The van der Waals surface area contributed by atoms with Gasteiger partial charge in [-0.1, -0.05) is 30.3 Å². The third-order valence-electron chi connectivity index (χ3n) is 4.63. The molecule has 1 aromatic carbocycles. The molecule has 0 amide bonds. The van der Waals surface area contributed by atoms with E-state index < -0.39 is 0 Å². The molecule has 1 fully saturated rings. The van der Waals surface area contributed by atoms with Crippen LogP contribution in [0, 0.1) is 6.92 Å². The number of rotatable bonds is 4. The highest BCUT2D eigenvalue weighted by Gasteiger charge is 2.24. The van der Waals surface area contributed by atoms with Crippen LogP contribution in [0.4, 0.5) is 11.8 Å². The number of piperidine rings is 1. The Labute approximate surface area is 138 Å². The van der Waals surface area contributed by atoms with Gasteiger partial charge in [0.25, 0.3) is 0 Å². The molecule has 2 N–H and O–H groups in total. The minimum Gasteiger partial charge on any atom is -0.368 e. The van der Waals surface area contributed by atoms with E-state index in [2.05, 4.69) is 57.1 Å². The fourth-order valence-electron chi connectivity index (χ4n) is 3.29. The fourth-order valence-corrected chi connectivity index (χ4v) is 3.29. The van der Waals surface area contributed by atoms with Gasteiger partial charge in [0, 0.05) is 37.4 Å². The van der Waals surface area contributed by atoms with E-state index in [1.54, 1.807) is 0 Å². The number of nitrogens with two attached hydrogens (primary N) is 1. The molecular weight excluding hydrogens is 286 g/mol. The third-order valence-corrected chi connectivity index (χ3v) is 4.63. The lowest BCUT2D eigenvalue weighted by atomic mass is 10.0. The predicted octanol–water partition coefficient (Wildman–Crippen LogP) is 2.47. The van der Waals surface area contributed by atoms with Crippen molar-refractivity contribution in [2.24, 2.45) is 0 Å². The molecule has 1 aromatic heterocycles. The van der Waals surface area contributed by atoms with Crippen LogP contribution in [0.15, 0.2) is 36.5 Å². The van der Waals surface area contributed by atoms with E-state index in [0.717, 1.165) is 43.9 Å². The van der Waals surface area contributed by atoms with Crippen LogP contribution in [0.5, 0.6) is 0 Å². The minimum absolute atomic E-state index is 0.355. The van der Waals surface area contributed by atoms with Crippen molar-refractivity contribution in [1.82, 2.24) is 14.9 Å². The summed E-state index contributed by atoms with van der Waals surface area (Å²) in [5.41, 5.74) is 8.20. The van der Waals surface area contributed by atoms with Crippen LogP contribution in [0.1, 0.15) is 24.0 Å². The van der Waals surface area contributed by atoms with Crippen molar-refractivity contribution in [3.05, 3.63) is 47.7 Å². The number of nitrogen functional groups attached to an aromatic ring is 1. The molecular formula is C18H25N5. The maximum atomic E-state index is 5.74. The summed E-state index contributed by atoms with van der Waals surface area (Å²) >= 11 is 0. The van der Waals surface area contributed by atoms with Gasteiger partial charge < -0.3 is 10.6 Å². The summed E-state index contributed by atoms with van der Waals surface area (Å²) in [5, 5.41) is 0. The van der Waals surface area contributed by atoms with Crippen LogP contribution in [0.3, 0.4) is 0 Å². The largest absolute Gasteiger partial charge is 0.368 e. The SMILES string of the molecule is Cc1cnc(N)nc1N1CCC(N(C)Cc2ccccc2)CC1. The van der Waals surface area contributed by atoms with Gasteiger partial charge in [-0.25, -0.2) is 4.98 Å². The fraction of sp³-hybridized carbons (Fsp3) is 0.444. The van der Waals surface area contributed by atoms with Crippen LogP contribution >= 0.6 is 0 Å². The highest BCUT2D eigenvalue weighted by atomic mass is 15.2. The first-order valence-electron chi connectivity index (χ1n) is 8.21. The lowest BCUT2D eigenvalue weighted by molar-refractivity contribution is 0.200. The molecule has 2 aromatic rings. The summed E-state index contributed by atoms with van der Waals surface area (Å²) in [6, 6.07) is 11.3.